The topological polar surface area (TPSA) is 71.5 Å². The van der Waals surface area contributed by atoms with Gasteiger partial charge in [0, 0.05) is 35.0 Å². The summed E-state index contributed by atoms with van der Waals surface area (Å²) in [6.45, 7) is 2.14. The molecule has 6 heteroatoms. The van der Waals surface area contributed by atoms with Crippen LogP contribution in [-0.2, 0) is 9.53 Å². The Morgan fingerprint density at radius 1 is 1.12 bits per heavy atom. The van der Waals surface area contributed by atoms with Crippen molar-refractivity contribution in [2.24, 2.45) is 11.8 Å². The first-order valence-corrected chi connectivity index (χ1v) is 11.6. The molecule has 1 aliphatic heterocycles. The Labute approximate surface area is 189 Å². The second kappa shape index (κ2) is 10.4. The molecule has 6 nitrogen and oxygen atoms in total. The van der Waals surface area contributed by atoms with Crippen molar-refractivity contribution in [3.63, 3.8) is 0 Å². The van der Waals surface area contributed by atoms with E-state index in [2.05, 4.69) is 17.3 Å². The van der Waals surface area contributed by atoms with E-state index in [9.17, 15) is 9.59 Å². The number of benzene rings is 1. The quantitative estimate of drug-likeness (QED) is 0.584. The fourth-order valence-electron chi connectivity index (χ4n) is 4.76. The second-order valence-electron chi connectivity index (χ2n) is 8.64. The van der Waals surface area contributed by atoms with Gasteiger partial charge in [-0.05, 0) is 37.3 Å². The summed E-state index contributed by atoms with van der Waals surface area (Å²) in [7, 11) is 0. The van der Waals surface area contributed by atoms with E-state index in [4.69, 9.17) is 4.74 Å². The minimum absolute atomic E-state index is 0.0365. The predicted octanol–water partition coefficient (Wildman–Crippen LogP) is 5.14. The minimum atomic E-state index is -0.449. The van der Waals surface area contributed by atoms with E-state index in [0.29, 0.717) is 17.0 Å². The van der Waals surface area contributed by atoms with Crippen molar-refractivity contribution >= 4 is 11.7 Å². The molecule has 1 aromatic carbocycles. The number of nitrogens with one attached hydrogen (secondary N) is 1. The highest BCUT2D eigenvalue weighted by Crippen LogP contribution is 2.33. The smallest absolute Gasteiger partial charge is 0.241 e. The lowest BCUT2D eigenvalue weighted by molar-refractivity contribution is -0.134. The van der Waals surface area contributed by atoms with Crippen LogP contribution < -0.4 is 5.43 Å². The van der Waals surface area contributed by atoms with Crippen molar-refractivity contribution in [2.45, 2.75) is 58.1 Å². The van der Waals surface area contributed by atoms with Crippen LogP contribution in [0, 0.1) is 11.8 Å². The molecule has 2 atom stereocenters. The molecule has 2 aromatic rings. The summed E-state index contributed by atoms with van der Waals surface area (Å²) in [6.07, 6.45) is 14.0. The standard InChI is InChI=1S/C26H31N3O3/c1-2-7-23(19-8-4-3-5-9-19)25(31)28-29-16-17-32-26(29)21-13-11-20(12-14-21)24(30)22-10-6-15-27-18-22/h6,10-19,23,26H,2-5,7-9H2,1H3,(H,28,31). The summed E-state index contributed by atoms with van der Waals surface area (Å²) in [5, 5.41) is 1.73. The third-order valence-corrected chi connectivity index (χ3v) is 6.46. The Morgan fingerprint density at radius 2 is 1.91 bits per heavy atom. The number of amides is 1. The molecule has 2 aliphatic rings. The lowest BCUT2D eigenvalue weighted by Gasteiger charge is -2.32. The van der Waals surface area contributed by atoms with Gasteiger partial charge in [-0.2, -0.15) is 0 Å². The molecule has 1 fully saturated rings. The Morgan fingerprint density at radius 3 is 2.59 bits per heavy atom. The molecule has 0 radical (unpaired) electrons. The monoisotopic (exact) mass is 433 g/mol. The van der Waals surface area contributed by atoms with Gasteiger partial charge >= 0.3 is 0 Å². The van der Waals surface area contributed by atoms with Crippen LogP contribution in [0.1, 0.15) is 79.6 Å². The SMILES string of the molecule is CCCC(C(=O)NN1C=COC1c1ccc(C(=O)c2cccnc2)cc1)C1CCCCC1. The highest BCUT2D eigenvalue weighted by atomic mass is 16.5. The molecule has 1 aliphatic carbocycles. The van der Waals surface area contributed by atoms with Gasteiger partial charge < -0.3 is 4.74 Å². The van der Waals surface area contributed by atoms with E-state index in [1.54, 1.807) is 54.1 Å². The third-order valence-electron chi connectivity index (χ3n) is 6.46. The normalized spacial score (nSPS) is 19.4. The number of ether oxygens (including phenoxy) is 1. The van der Waals surface area contributed by atoms with Crippen LogP contribution in [0.15, 0.2) is 61.3 Å². The summed E-state index contributed by atoms with van der Waals surface area (Å²) in [5.41, 5.74) is 5.08. The van der Waals surface area contributed by atoms with E-state index in [0.717, 1.165) is 31.2 Å². The fraction of sp³-hybridized carbons (Fsp3) is 0.423. The van der Waals surface area contributed by atoms with Crippen LogP contribution in [0.3, 0.4) is 0 Å². The summed E-state index contributed by atoms with van der Waals surface area (Å²) < 4.78 is 5.76. The molecule has 0 spiro atoms. The summed E-state index contributed by atoms with van der Waals surface area (Å²) in [4.78, 5) is 29.8. The van der Waals surface area contributed by atoms with E-state index in [1.165, 1.54) is 19.3 Å². The minimum Gasteiger partial charge on any atom is -0.471 e. The predicted molar refractivity (Wildman–Crippen MR) is 122 cm³/mol. The number of carbonyl (C=O) groups excluding carboxylic acids is 2. The number of rotatable bonds is 8. The molecule has 1 N–H and O–H groups in total. The van der Waals surface area contributed by atoms with Crippen LogP contribution >= 0.6 is 0 Å². The van der Waals surface area contributed by atoms with Gasteiger partial charge in [0.15, 0.2) is 5.78 Å². The average Bonchev–Trinajstić information content (AvgIpc) is 3.31. The molecule has 1 saturated carbocycles. The first-order valence-electron chi connectivity index (χ1n) is 11.6. The van der Waals surface area contributed by atoms with Crippen LogP contribution in [0.25, 0.3) is 0 Å². The van der Waals surface area contributed by atoms with E-state index < -0.39 is 6.23 Å². The zero-order valence-electron chi connectivity index (χ0n) is 18.6. The number of ketones is 1. The highest BCUT2D eigenvalue weighted by molar-refractivity contribution is 6.08. The van der Waals surface area contributed by atoms with Crippen molar-refractivity contribution < 1.29 is 14.3 Å². The molecule has 1 aromatic heterocycles. The van der Waals surface area contributed by atoms with Gasteiger partial charge in [0.1, 0.15) is 6.26 Å². The number of carbonyl (C=O) groups is 2. The first kappa shape index (κ1) is 22.1. The van der Waals surface area contributed by atoms with E-state index in [-0.39, 0.29) is 17.6 Å². The van der Waals surface area contributed by atoms with E-state index in [1.807, 2.05) is 12.1 Å². The van der Waals surface area contributed by atoms with Gasteiger partial charge in [-0.15, -0.1) is 0 Å². The fourth-order valence-corrected chi connectivity index (χ4v) is 4.76. The van der Waals surface area contributed by atoms with Crippen molar-refractivity contribution in [2.75, 3.05) is 0 Å². The maximum Gasteiger partial charge on any atom is 0.241 e. The molecule has 0 bridgehead atoms. The van der Waals surface area contributed by atoms with Crippen molar-refractivity contribution in [1.82, 2.24) is 15.4 Å². The van der Waals surface area contributed by atoms with Gasteiger partial charge in [-0.3, -0.25) is 20.0 Å². The largest absolute Gasteiger partial charge is 0.471 e. The van der Waals surface area contributed by atoms with E-state index >= 15 is 0 Å². The average molecular weight is 434 g/mol. The van der Waals surface area contributed by atoms with Crippen molar-refractivity contribution in [3.8, 4) is 0 Å². The number of hydrogen-bond acceptors (Lipinski definition) is 5. The number of nitrogens with zero attached hydrogens (tertiary/aromatic N) is 2. The molecule has 168 valence electrons. The first-order chi connectivity index (χ1) is 15.7. The lowest BCUT2D eigenvalue weighted by Crippen LogP contribution is -2.44. The van der Waals surface area contributed by atoms with Crippen molar-refractivity contribution in [3.05, 3.63) is 77.9 Å². The zero-order valence-corrected chi connectivity index (χ0v) is 18.6. The molecule has 1 amide bonds. The van der Waals surface area contributed by atoms with Gasteiger partial charge in [-0.25, -0.2) is 5.01 Å². The van der Waals surface area contributed by atoms with Crippen LogP contribution in [0.5, 0.6) is 0 Å². The van der Waals surface area contributed by atoms with Gasteiger partial charge in [0.05, 0.1) is 6.20 Å². The maximum atomic E-state index is 13.2. The maximum absolute atomic E-state index is 13.2. The number of hydrogen-bond donors (Lipinski definition) is 1. The lowest BCUT2D eigenvalue weighted by atomic mass is 9.78. The second-order valence-corrected chi connectivity index (χ2v) is 8.64. The van der Waals surface area contributed by atoms with Crippen LogP contribution in [0.2, 0.25) is 0 Å². The van der Waals surface area contributed by atoms with Crippen LogP contribution in [-0.4, -0.2) is 21.7 Å². The molecular weight excluding hydrogens is 402 g/mol. The third kappa shape index (κ3) is 5.01. The Kier molecular flexibility index (Phi) is 7.20. The Balaban J connectivity index is 1.43. The van der Waals surface area contributed by atoms with Gasteiger partial charge in [0.25, 0.3) is 0 Å². The number of hydrazine groups is 1. The Hall–Kier alpha value is -3.15. The van der Waals surface area contributed by atoms with Gasteiger partial charge in [0.2, 0.25) is 12.1 Å². The molecule has 2 unspecified atom stereocenters. The molecule has 0 saturated heterocycles. The summed E-state index contributed by atoms with van der Waals surface area (Å²) >= 11 is 0. The number of pyridine rings is 1. The van der Waals surface area contributed by atoms with Crippen LogP contribution in [0.4, 0.5) is 0 Å². The zero-order chi connectivity index (χ0) is 22.3. The molecular formula is C26H31N3O3. The molecule has 4 rings (SSSR count). The Bertz CT molecular complexity index is 937. The summed E-state index contributed by atoms with van der Waals surface area (Å²) in [6, 6.07) is 10.8. The van der Waals surface area contributed by atoms with Crippen molar-refractivity contribution in [1.29, 1.82) is 0 Å². The highest BCUT2D eigenvalue weighted by Gasteiger charge is 2.32. The molecule has 2 heterocycles. The van der Waals surface area contributed by atoms with Gasteiger partial charge in [-0.1, -0.05) is 56.9 Å². The molecule has 32 heavy (non-hydrogen) atoms. The summed E-state index contributed by atoms with van der Waals surface area (Å²) in [5.74, 6) is 0.499. The number of aromatic nitrogens is 1.